The van der Waals surface area contributed by atoms with E-state index in [0.29, 0.717) is 27.7 Å². The van der Waals surface area contributed by atoms with Crippen molar-refractivity contribution in [1.82, 2.24) is 31.3 Å². The lowest BCUT2D eigenvalue weighted by Gasteiger charge is -2.32. The van der Waals surface area contributed by atoms with Gasteiger partial charge in [0.1, 0.15) is 0 Å². The van der Waals surface area contributed by atoms with Gasteiger partial charge in [0.15, 0.2) is 10.2 Å². The Bertz CT molecular complexity index is 561. The van der Waals surface area contributed by atoms with Gasteiger partial charge in [0.25, 0.3) is 0 Å². The van der Waals surface area contributed by atoms with Crippen LogP contribution in [0.2, 0.25) is 0 Å². The molecule has 1 saturated heterocycles. The standard InChI is InChI=1S/C17H34N8OS2/c1-13(25-8-10-26-11-9-25)12-19-17(28)23-21-15(3)14(2)20-22-16(27)18-6-7-24(4)5/h13H,6-12H2,1-5H3,(H2,18,22,27)(H2,19,23,28)/b20-14-,21-15-. The molecule has 0 aliphatic carbocycles. The number of thiocarbonyl (C=S) groups is 2. The number of hydrogen-bond acceptors (Lipinski definition) is 7. The SMILES string of the molecule is CC(=N/NC(=S)NCCN(C)C)/C(C)=N\NC(=S)NCC(C)N1CCOCC1. The zero-order chi connectivity index (χ0) is 20.9. The highest BCUT2D eigenvalue weighted by Gasteiger charge is 2.16. The maximum atomic E-state index is 5.38. The van der Waals surface area contributed by atoms with Crippen LogP contribution >= 0.6 is 24.4 Å². The van der Waals surface area contributed by atoms with E-state index in [0.717, 1.165) is 45.9 Å². The Labute approximate surface area is 179 Å². The van der Waals surface area contributed by atoms with Gasteiger partial charge in [0.2, 0.25) is 0 Å². The molecule has 1 rings (SSSR count). The molecular formula is C17H34N8OS2. The monoisotopic (exact) mass is 430 g/mol. The van der Waals surface area contributed by atoms with Crippen molar-refractivity contribution in [2.75, 3.05) is 60.0 Å². The number of hydrazone groups is 2. The Morgan fingerprint density at radius 1 is 1.04 bits per heavy atom. The summed E-state index contributed by atoms with van der Waals surface area (Å²) in [7, 11) is 4.02. The molecule has 0 aromatic carbocycles. The van der Waals surface area contributed by atoms with Gasteiger partial charge in [0.05, 0.1) is 24.6 Å². The van der Waals surface area contributed by atoms with Gasteiger partial charge in [-0.2, -0.15) is 10.2 Å². The molecule has 28 heavy (non-hydrogen) atoms. The average molecular weight is 431 g/mol. The molecule has 0 bridgehead atoms. The molecule has 0 spiro atoms. The van der Waals surface area contributed by atoms with E-state index in [2.05, 4.69) is 48.4 Å². The molecule has 1 aliphatic rings. The highest BCUT2D eigenvalue weighted by molar-refractivity contribution is 7.80. The first-order valence-electron chi connectivity index (χ1n) is 9.42. The lowest BCUT2D eigenvalue weighted by atomic mass is 10.2. The second kappa shape index (κ2) is 13.7. The molecular weight excluding hydrogens is 396 g/mol. The van der Waals surface area contributed by atoms with Crippen LogP contribution in [0.25, 0.3) is 0 Å². The Balaban J connectivity index is 2.30. The molecule has 0 aromatic rings. The quantitative estimate of drug-likeness (QED) is 0.228. The first-order chi connectivity index (χ1) is 13.3. The average Bonchev–Trinajstić information content (AvgIpc) is 2.68. The zero-order valence-electron chi connectivity index (χ0n) is 17.5. The van der Waals surface area contributed by atoms with Crippen molar-refractivity contribution in [3.63, 3.8) is 0 Å². The van der Waals surface area contributed by atoms with E-state index in [1.807, 2.05) is 27.9 Å². The van der Waals surface area contributed by atoms with Crippen LogP contribution in [0.4, 0.5) is 0 Å². The van der Waals surface area contributed by atoms with Gasteiger partial charge in [-0.15, -0.1) is 0 Å². The Hall–Kier alpha value is -1.40. The number of rotatable bonds is 9. The molecule has 1 aliphatic heterocycles. The fraction of sp³-hybridized carbons (Fsp3) is 0.765. The largest absolute Gasteiger partial charge is 0.379 e. The molecule has 1 fully saturated rings. The number of ether oxygens (including phenoxy) is 1. The molecule has 1 heterocycles. The van der Waals surface area contributed by atoms with Crippen LogP contribution in [0.15, 0.2) is 10.2 Å². The Kier molecular flexibility index (Phi) is 12.1. The maximum absolute atomic E-state index is 5.38. The van der Waals surface area contributed by atoms with Crippen LogP contribution in [-0.2, 0) is 4.74 Å². The molecule has 1 atom stereocenters. The van der Waals surface area contributed by atoms with Crippen LogP contribution in [0.3, 0.4) is 0 Å². The summed E-state index contributed by atoms with van der Waals surface area (Å²) in [5.74, 6) is 0. The van der Waals surface area contributed by atoms with Gasteiger partial charge < -0.3 is 20.3 Å². The van der Waals surface area contributed by atoms with E-state index in [1.165, 1.54) is 0 Å². The van der Waals surface area contributed by atoms with Crippen molar-refractivity contribution in [2.45, 2.75) is 26.8 Å². The van der Waals surface area contributed by atoms with E-state index < -0.39 is 0 Å². The lowest BCUT2D eigenvalue weighted by molar-refractivity contribution is 0.0212. The summed E-state index contributed by atoms with van der Waals surface area (Å²) in [5, 5.41) is 15.8. The summed E-state index contributed by atoms with van der Waals surface area (Å²) in [6, 6.07) is 0.377. The van der Waals surface area contributed by atoms with E-state index in [4.69, 9.17) is 29.2 Å². The third kappa shape index (κ3) is 10.8. The summed E-state index contributed by atoms with van der Waals surface area (Å²) in [5.41, 5.74) is 7.11. The fourth-order valence-electron chi connectivity index (χ4n) is 2.29. The molecule has 0 radical (unpaired) electrons. The van der Waals surface area contributed by atoms with E-state index >= 15 is 0 Å². The van der Waals surface area contributed by atoms with Gasteiger partial charge in [-0.3, -0.25) is 15.8 Å². The molecule has 9 nitrogen and oxygen atoms in total. The first kappa shape index (κ1) is 24.6. The minimum absolute atomic E-state index is 0.377. The maximum Gasteiger partial charge on any atom is 0.187 e. The van der Waals surface area contributed by atoms with Crippen molar-refractivity contribution < 1.29 is 4.74 Å². The summed E-state index contributed by atoms with van der Waals surface area (Å²) >= 11 is 10.5. The number of hydrogen-bond donors (Lipinski definition) is 4. The van der Waals surface area contributed by atoms with Gasteiger partial charge in [0, 0.05) is 38.8 Å². The van der Waals surface area contributed by atoms with Crippen molar-refractivity contribution in [3.8, 4) is 0 Å². The highest BCUT2D eigenvalue weighted by atomic mass is 32.1. The molecule has 160 valence electrons. The van der Waals surface area contributed by atoms with Gasteiger partial charge >= 0.3 is 0 Å². The Morgan fingerprint density at radius 3 is 2.11 bits per heavy atom. The van der Waals surface area contributed by atoms with Crippen LogP contribution in [0.1, 0.15) is 20.8 Å². The van der Waals surface area contributed by atoms with Gasteiger partial charge in [-0.25, -0.2) is 0 Å². The number of nitrogens with one attached hydrogen (secondary N) is 4. The predicted molar refractivity (Wildman–Crippen MR) is 124 cm³/mol. The zero-order valence-corrected chi connectivity index (χ0v) is 19.2. The van der Waals surface area contributed by atoms with Crippen molar-refractivity contribution in [2.24, 2.45) is 10.2 Å². The second-order valence-electron chi connectivity index (χ2n) is 6.88. The third-order valence-electron chi connectivity index (χ3n) is 4.25. The molecule has 11 heteroatoms. The van der Waals surface area contributed by atoms with Gasteiger partial charge in [-0.05, 0) is 59.3 Å². The smallest absolute Gasteiger partial charge is 0.187 e. The number of nitrogens with zero attached hydrogens (tertiary/aromatic N) is 4. The van der Waals surface area contributed by atoms with Crippen molar-refractivity contribution in [3.05, 3.63) is 0 Å². The fourth-order valence-corrected chi connectivity index (χ4v) is 2.57. The molecule has 4 N–H and O–H groups in total. The van der Waals surface area contributed by atoms with E-state index in [9.17, 15) is 0 Å². The lowest BCUT2D eigenvalue weighted by Crippen LogP contribution is -2.48. The van der Waals surface area contributed by atoms with Crippen LogP contribution in [0, 0.1) is 0 Å². The molecule has 0 saturated carbocycles. The minimum atomic E-state index is 0.377. The number of morpholine rings is 1. The normalized spacial score (nSPS) is 17.2. The molecule has 1 unspecified atom stereocenters. The Morgan fingerprint density at radius 2 is 1.57 bits per heavy atom. The summed E-state index contributed by atoms with van der Waals surface area (Å²) < 4.78 is 5.38. The number of likely N-dealkylation sites (N-methyl/N-ethyl adjacent to an activating group) is 1. The highest BCUT2D eigenvalue weighted by Crippen LogP contribution is 2.02. The predicted octanol–water partition coefficient (Wildman–Crippen LogP) is -0.0513. The van der Waals surface area contributed by atoms with E-state index in [-0.39, 0.29) is 0 Å². The summed E-state index contributed by atoms with van der Waals surface area (Å²) in [6.45, 7) is 11.8. The topological polar surface area (TPSA) is 88.5 Å². The summed E-state index contributed by atoms with van der Waals surface area (Å²) in [6.07, 6.45) is 0. The van der Waals surface area contributed by atoms with Crippen molar-refractivity contribution >= 4 is 46.1 Å². The third-order valence-corrected chi connectivity index (χ3v) is 4.72. The summed E-state index contributed by atoms with van der Waals surface area (Å²) in [4.78, 5) is 4.46. The van der Waals surface area contributed by atoms with Gasteiger partial charge in [-0.1, -0.05) is 0 Å². The van der Waals surface area contributed by atoms with Crippen LogP contribution in [-0.4, -0.2) is 97.5 Å². The van der Waals surface area contributed by atoms with Crippen molar-refractivity contribution in [1.29, 1.82) is 0 Å². The second-order valence-corrected chi connectivity index (χ2v) is 7.70. The molecule has 0 amide bonds. The first-order valence-corrected chi connectivity index (χ1v) is 10.2. The molecule has 0 aromatic heterocycles. The minimum Gasteiger partial charge on any atom is -0.379 e. The van der Waals surface area contributed by atoms with Crippen LogP contribution < -0.4 is 21.5 Å². The van der Waals surface area contributed by atoms with E-state index in [1.54, 1.807) is 0 Å². The van der Waals surface area contributed by atoms with Crippen LogP contribution in [0.5, 0.6) is 0 Å².